The van der Waals surface area contributed by atoms with Crippen molar-refractivity contribution in [2.75, 3.05) is 35.3 Å². The maximum atomic E-state index is 12.9. The Hall–Kier alpha value is -2.60. The van der Waals surface area contributed by atoms with Gasteiger partial charge in [0.2, 0.25) is 5.91 Å². The third-order valence-corrected chi connectivity index (χ3v) is 7.71. The Kier molecular flexibility index (Phi) is 5.86. The first kappa shape index (κ1) is 24.1. The largest absolute Gasteiger partial charge is 0.416 e. The van der Waals surface area contributed by atoms with Gasteiger partial charge in [-0.15, -0.1) is 0 Å². The number of sulfone groups is 1. The summed E-state index contributed by atoms with van der Waals surface area (Å²) in [5.41, 5.74) is 1.54. The Bertz CT molecular complexity index is 1230. The molecule has 35 heavy (non-hydrogen) atoms. The summed E-state index contributed by atoms with van der Waals surface area (Å²) in [5.74, 6) is 0.0507. The molecule has 1 saturated carbocycles. The molecule has 0 radical (unpaired) electrons. The van der Waals surface area contributed by atoms with E-state index in [-0.39, 0.29) is 5.54 Å². The van der Waals surface area contributed by atoms with E-state index in [1.165, 1.54) is 25.0 Å². The van der Waals surface area contributed by atoms with Gasteiger partial charge in [-0.05, 0) is 36.6 Å². The van der Waals surface area contributed by atoms with Gasteiger partial charge >= 0.3 is 6.18 Å². The zero-order valence-electron chi connectivity index (χ0n) is 19.4. The lowest BCUT2D eigenvalue weighted by Gasteiger charge is -2.53. The van der Waals surface area contributed by atoms with Gasteiger partial charge in [0, 0.05) is 50.1 Å². The molecule has 190 valence electrons. The minimum Gasteiger partial charge on any atom is -0.368 e. The first-order valence-electron chi connectivity index (χ1n) is 11.6. The summed E-state index contributed by atoms with van der Waals surface area (Å²) >= 11 is 0. The fourth-order valence-corrected chi connectivity index (χ4v) is 5.45. The second-order valence-corrected chi connectivity index (χ2v) is 12.2. The molecule has 12 heteroatoms. The number of hydrogen-bond donors (Lipinski definition) is 2. The summed E-state index contributed by atoms with van der Waals surface area (Å²) < 4.78 is 63.5. The molecule has 5 rings (SSSR count). The van der Waals surface area contributed by atoms with Crippen molar-refractivity contribution in [3.63, 3.8) is 0 Å². The van der Waals surface area contributed by atoms with Crippen LogP contribution in [0.2, 0.25) is 0 Å². The molecule has 0 unspecified atom stereocenters. The third-order valence-electron chi connectivity index (χ3n) is 6.92. The summed E-state index contributed by atoms with van der Waals surface area (Å²) in [6.45, 7) is 2.37. The van der Waals surface area contributed by atoms with Crippen molar-refractivity contribution >= 4 is 27.2 Å². The summed E-state index contributed by atoms with van der Waals surface area (Å²) in [5, 5.41) is 11.1. The highest BCUT2D eigenvalue weighted by Crippen LogP contribution is 2.38. The van der Waals surface area contributed by atoms with Crippen LogP contribution < -0.4 is 15.5 Å². The summed E-state index contributed by atoms with van der Waals surface area (Å²) in [6.07, 6.45) is 0.628. The number of nitrogens with zero attached hydrogens (tertiary/aromatic N) is 3. The average molecular weight is 512 g/mol. The predicted molar refractivity (Wildman–Crippen MR) is 125 cm³/mol. The second-order valence-electron chi connectivity index (χ2n) is 10.1. The highest BCUT2D eigenvalue weighted by Gasteiger charge is 2.47. The van der Waals surface area contributed by atoms with Gasteiger partial charge in [0.05, 0.1) is 16.8 Å². The number of amides is 1. The van der Waals surface area contributed by atoms with Crippen LogP contribution in [0.3, 0.4) is 0 Å². The van der Waals surface area contributed by atoms with Crippen LogP contribution in [0.4, 0.5) is 24.7 Å². The van der Waals surface area contributed by atoms with Crippen LogP contribution in [-0.4, -0.2) is 54.7 Å². The molecule has 1 aromatic carbocycles. The van der Waals surface area contributed by atoms with Crippen LogP contribution >= 0.6 is 0 Å². The number of fused-ring (bicyclic) bond motifs is 1. The van der Waals surface area contributed by atoms with Crippen molar-refractivity contribution in [3.8, 4) is 0 Å². The van der Waals surface area contributed by atoms with E-state index >= 15 is 0 Å². The van der Waals surface area contributed by atoms with Crippen LogP contribution in [0, 0.1) is 5.92 Å². The highest BCUT2D eigenvalue weighted by molar-refractivity contribution is 7.91. The van der Waals surface area contributed by atoms with E-state index in [1.807, 2.05) is 4.90 Å². The van der Waals surface area contributed by atoms with Gasteiger partial charge in [-0.3, -0.25) is 4.79 Å². The molecule has 2 N–H and O–H groups in total. The van der Waals surface area contributed by atoms with E-state index in [4.69, 9.17) is 5.10 Å². The number of halogens is 3. The number of rotatable bonds is 7. The van der Waals surface area contributed by atoms with E-state index in [0.29, 0.717) is 44.3 Å². The fourth-order valence-electron chi connectivity index (χ4n) is 4.91. The number of anilines is 2. The monoisotopic (exact) mass is 511 g/mol. The van der Waals surface area contributed by atoms with E-state index in [2.05, 4.69) is 10.6 Å². The molecule has 1 aromatic heterocycles. The lowest BCUT2D eigenvalue weighted by Crippen LogP contribution is -2.71. The van der Waals surface area contributed by atoms with Crippen molar-refractivity contribution in [1.82, 2.24) is 15.1 Å². The molecule has 1 amide bonds. The molecule has 1 saturated heterocycles. The van der Waals surface area contributed by atoms with Crippen LogP contribution in [0.1, 0.15) is 36.1 Å². The quantitative estimate of drug-likeness (QED) is 0.593. The van der Waals surface area contributed by atoms with Gasteiger partial charge in [-0.2, -0.15) is 18.3 Å². The molecule has 1 aliphatic carbocycles. The summed E-state index contributed by atoms with van der Waals surface area (Å²) in [6, 6.07) is 5.18. The first-order chi connectivity index (χ1) is 16.4. The molecule has 8 nitrogen and oxygen atoms in total. The highest BCUT2D eigenvalue weighted by atomic mass is 32.2. The van der Waals surface area contributed by atoms with Gasteiger partial charge in [0.15, 0.2) is 9.84 Å². The van der Waals surface area contributed by atoms with Crippen LogP contribution in [-0.2, 0) is 40.3 Å². The smallest absolute Gasteiger partial charge is 0.368 e. The number of benzene rings is 1. The van der Waals surface area contributed by atoms with Crippen molar-refractivity contribution in [2.24, 2.45) is 5.92 Å². The molecule has 2 aliphatic heterocycles. The van der Waals surface area contributed by atoms with Gasteiger partial charge in [-0.25, -0.2) is 13.1 Å². The number of aromatic nitrogens is 2. The molecule has 3 heterocycles. The molecule has 3 aliphatic rings. The Balaban J connectivity index is 1.30. The van der Waals surface area contributed by atoms with Crippen molar-refractivity contribution in [1.29, 1.82) is 0 Å². The van der Waals surface area contributed by atoms with Gasteiger partial charge < -0.3 is 15.5 Å². The molecule has 2 aromatic rings. The normalized spacial score (nSPS) is 19.4. The standard InChI is InChI=1S/C23H28F3N5O3S/c1-35(33,34)12-20(32)28-21-18-11-27-22(10-19(18)29-31(21)9-8-15-2-3-15)13-30(14-22)17-6-4-16(5-7-17)23(24,25)26/h4-7,15,27H,2-3,8-14H2,1H3,(H,28,32). The molecule has 2 fully saturated rings. The fraction of sp³-hybridized carbons (Fsp3) is 0.565. The number of aryl methyl sites for hydroxylation is 1. The molecule has 0 bridgehead atoms. The summed E-state index contributed by atoms with van der Waals surface area (Å²) in [4.78, 5) is 14.4. The second kappa shape index (κ2) is 8.51. The maximum Gasteiger partial charge on any atom is 0.416 e. The minimum atomic E-state index is -4.36. The third kappa shape index (κ3) is 5.32. The lowest BCUT2D eigenvalue weighted by atomic mass is 9.81. The minimum absolute atomic E-state index is 0.251. The number of carbonyl (C=O) groups is 1. The van der Waals surface area contributed by atoms with Crippen molar-refractivity contribution < 1.29 is 26.4 Å². The van der Waals surface area contributed by atoms with E-state index in [9.17, 15) is 26.4 Å². The van der Waals surface area contributed by atoms with E-state index < -0.39 is 33.2 Å². The molecular weight excluding hydrogens is 483 g/mol. The Labute approximate surface area is 201 Å². The van der Waals surface area contributed by atoms with Gasteiger partial charge in [-0.1, -0.05) is 12.8 Å². The zero-order valence-corrected chi connectivity index (χ0v) is 20.2. The zero-order chi connectivity index (χ0) is 25.0. The van der Waals surface area contributed by atoms with Crippen LogP contribution in [0.5, 0.6) is 0 Å². The Morgan fingerprint density at radius 1 is 1.23 bits per heavy atom. The Morgan fingerprint density at radius 2 is 1.91 bits per heavy atom. The number of hydrogen-bond acceptors (Lipinski definition) is 6. The number of carbonyl (C=O) groups excluding carboxylic acids is 1. The topological polar surface area (TPSA) is 96.3 Å². The maximum absolute atomic E-state index is 12.9. The SMILES string of the molecule is CS(=O)(=O)CC(=O)Nc1c2c(nn1CCC1CC1)CC1(CN(c3ccc(C(F)(F)F)cc3)C1)NC2. The number of nitrogens with one attached hydrogen (secondary N) is 2. The lowest BCUT2D eigenvalue weighted by molar-refractivity contribution is -0.137. The molecular formula is C23H28F3N5O3S. The Morgan fingerprint density at radius 3 is 2.51 bits per heavy atom. The van der Waals surface area contributed by atoms with Crippen LogP contribution in [0.15, 0.2) is 24.3 Å². The van der Waals surface area contributed by atoms with Gasteiger partial charge in [0.25, 0.3) is 0 Å². The van der Waals surface area contributed by atoms with Crippen LogP contribution in [0.25, 0.3) is 0 Å². The molecule has 0 atom stereocenters. The summed E-state index contributed by atoms with van der Waals surface area (Å²) in [7, 11) is -3.46. The van der Waals surface area contributed by atoms with Gasteiger partial charge in [0.1, 0.15) is 11.6 Å². The predicted octanol–water partition coefficient (Wildman–Crippen LogP) is 2.59. The van der Waals surface area contributed by atoms with E-state index in [0.717, 1.165) is 41.8 Å². The van der Waals surface area contributed by atoms with E-state index in [1.54, 1.807) is 4.68 Å². The number of alkyl halides is 3. The van der Waals surface area contributed by atoms with Crippen molar-refractivity contribution in [2.45, 2.75) is 50.5 Å². The first-order valence-corrected chi connectivity index (χ1v) is 13.7. The molecule has 1 spiro atoms. The average Bonchev–Trinajstić information content (AvgIpc) is 3.51. The van der Waals surface area contributed by atoms with Crippen molar-refractivity contribution in [3.05, 3.63) is 41.1 Å².